The fourth-order valence-corrected chi connectivity index (χ4v) is 3.58. The molecule has 1 aliphatic heterocycles. The molecule has 0 atom stereocenters. The predicted octanol–water partition coefficient (Wildman–Crippen LogP) is 2.62. The minimum Gasteiger partial charge on any atom is -0.459 e. The number of carbonyl (C=O) groups is 2. The third-order valence-electron chi connectivity index (χ3n) is 5.45. The van der Waals surface area contributed by atoms with E-state index in [1.54, 1.807) is 23.4 Å². The zero-order valence-electron chi connectivity index (χ0n) is 16.2. The van der Waals surface area contributed by atoms with Crippen LogP contribution in [0.15, 0.2) is 41.3 Å². The predicted molar refractivity (Wildman–Crippen MR) is 105 cm³/mol. The number of piperazine rings is 1. The molecule has 0 radical (unpaired) electrons. The molecule has 3 heterocycles. The Labute approximate surface area is 163 Å². The van der Waals surface area contributed by atoms with Crippen molar-refractivity contribution in [1.82, 2.24) is 19.4 Å². The van der Waals surface area contributed by atoms with Gasteiger partial charge in [-0.25, -0.2) is 4.98 Å². The highest BCUT2D eigenvalue weighted by atomic mass is 16.3. The lowest BCUT2D eigenvalue weighted by Gasteiger charge is -2.34. The maximum absolute atomic E-state index is 12.6. The van der Waals surface area contributed by atoms with Crippen LogP contribution < -0.4 is 0 Å². The molecule has 0 spiro atoms. The summed E-state index contributed by atoms with van der Waals surface area (Å²) in [6.45, 7) is 6.91. The van der Waals surface area contributed by atoms with Crippen LogP contribution in [0.4, 0.5) is 0 Å². The van der Waals surface area contributed by atoms with Crippen LogP contribution in [0, 0.1) is 13.8 Å². The van der Waals surface area contributed by atoms with Gasteiger partial charge < -0.3 is 18.8 Å². The summed E-state index contributed by atoms with van der Waals surface area (Å²) in [5.41, 5.74) is 4.46. The first kappa shape index (κ1) is 18.3. The Morgan fingerprint density at radius 3 is 2.50 bits per heavy atom. The van der Waals surface area contributed by atoms with Crippen molar-refractivity contribution in [3.8, 4) is 0 Å². The Morgan fingerprint density at radius 2 is 1.79 bits per heavy atom. The quantitative estimate of drug-likeness (QED) is 0.698. The normalized spacial score (nSPS) is 14.6. The summed E-state index contributed by atoms with van der Waals surface area (Å²) in [6.07, 6.45) is 3.72. The standard InChI is InChI=1S/C21H24N4O3/c1-15-12-17-18(13-16(15)2)25(14-22-17)6-5-20(26)23-7-9-24(10-8-23)21(27)19-4-3-11-28-19/h3-4,11-14H,5-10H2,1-2H3. The molecule has 28 heavy (non-hydrogen) atoms. The van der Waals surface area contributed by atoms with Crippen LogP contribution >= 0.6 is 0 Å². The number of aryl methyl sites for hydroxylation is 3. The average molecular weight is 380 g/mol. The van der Waals surface area contributed by atoms with Gasteiger partial charge in [-0.05, 0) is 49.2 Å². The summed E-state index contributed by atoms with van der Waals surface area (Å²) < 4.78 is 7.21. The first-order chi connectivity index (χ1) is 13.5. The van der Waals surface area contributed by atoms with Gasteiger partial charge in [-0.1, -0.05) is 0 Å². The molecule has 7 heteroatoms. The number of rotatable bonds is 4. The summed E-state index contributed by atoms with van der Waals surface area (Å²) in [5.74, 6) is 0.334. The van der Waals surface area contributed by atoms with E-state index in [0.29, 0.717) is 44.9 Å². The molecule has 2 amide bonds. The van der Waals surface area contributed by atoms with Gasteiger partial charge in [0.05, 0.1) is 23.6 Å². The molecule has 1 aliphatic rings. The van der Waals surface area contributed by atoms with Gasteiger partial charge in [-0.3, -0.25) is 9.59 Å². The number of furan rings is 1. The largest absolute Gasteiger partial charge is 0.459 e. The van der Waals surface area contributed by atoms with Crippen LogP contribution in [0.3, 0.4) is 0 Å². The van der Waals surface area contributed by atoms with E-state index in [4.69, 9.17) is 4.42 Å². The number of amides is 2. The molecule has 7 nitrogen and oxygen atoms in total. The lowest BCUT2D eigenvalue weighted by atomic mass is 10.1. The molecule has 2 aromatic heterocycles. The Balaban J connectivity index is 1.33. The van der Waals surface area contributed by atoms with Crippen LogP contribution in [0.5, 0.6) is 0 Å². The zero-order chi connectivity index (χ0) is 19.7. The second-order valence-corrected chi connectivity index (χ2v) is 7.26. The number of benzene rings is 1. The third kappa shape index (κ3) is 3.52. The first-order valence-electron chi connectivity index (χ1n) is 9.55. The molecule has 146 valence electrons. The van der Waals surface area contributed by atoms with Crippen LogP contribution in [0.1, 0.15) is 28.1 Å². The number of imidazole rings is 1. The molecule has 0 saturated carbocycles. The highest BCUT2D eigenvalue weighted by molar-refractivity contribution is 5.91. The van der Waals surface area contributed by atoms with Gasteiger partial charge >= 0.3 is 0 Å². The van der Waals surface area contributed by atoms with E-state index in [1.807, 2.05) is 9.47 Å². The van der Waals surface area contributed by atoms with E-state index in [-0.39, 0.29) is 11.8 Å². The summed E-state index contributed by atoms with van der Waals surface area (Å²) in [5, 5.41) is 0. The summed E-state index contributed by atoms with van der Waals surface area (Å²) in [6, 6.07) is 7.58. The van der Waals surface area contributed by atoms with E-state index in [1.165, 1.54) is 17.4 Å². The number of fused-ring (bicyclic) bond motifs is 1. The zero-order valence-corrected chi connectivity index (χ0v) is 16.2. The van der Waals surface area contributed by atoms with E-state index >= 15 is 0 Å². The Morgan fingerprint density at radius 1 is 1.07 bits per heavy atom. The van der Waals surface area contributed by atoms with Crippen molar-refractivity contribution < 1.29 is 14.0 Å². The molecule has 1 fully saturated rings. The van der Waals surface area contributed by atoms with Crippen molar-refractivity contribution in [2.45, 2.75) is 26.8 Å². The number of hydrogen-bond donors (Lipinski definition) is 0. The molecular weight excluding hydrogens is 356 g/mol. The smallest absolute Gasteiger partial charge is 0.289 e. The van der Waals surface area contributed by atoms with Gasteiger partial charge in [0.2, 0.25) is 5.91 Å². The van der Waals surface area contributed by atoms with E-state index in [2.05, 4.69) is 31.0 Å². The molecule has 0 N–H and O–H groups in total. The maximum atomic E-state index is 12.6. The molecule has 1 saturated heterocycles. The fourth-order valence-electron chi connectivity index (χ4n) is 3.58. The average Bonchev–Trinajstić information content (AvgIpc) is 3.37. The van der Waals surface area contributed by atoms with Crippen molar-refractivity contribution in [1.29, 1.82) is 0 Å². The molecule has 0 unspecified atom stereocenters. The number of nitrogens with zero attached hydrogens (tertiary/aromatic N) is 4. The van der Waals surface area contributed by atoms with Crippen molar-refractivity contribution in [3.63, 3.8) is 0 Å². The van der Waals surface area contributed by atoms with Gasteiger partial charge in [0.15, 0.2) is 5.76 Å². The van der Waals surface area contributed by atoms with Gasteiger partial charge in [0.25, 0.3) is 5.91 Å². The number of aromatic nitrogens is 2. The van der Waals surface area contributed by atoms with E-state index in [9.17, 15) is 9.59 Å². The van der Waals surface area contributed by atoms with Gasteiger partial charge in [0, 0.05) is 39.1 Å². The maximum Gasteiger partial charge on any atom is 0.289 e. The Bertz CT molecular complexity index is 998. The van der Waals surface area contributed by atoms with E-state index < -0.39 is 0 Å². The molecular formula is C21H24N4O3. The van der Waals surface area contributed by atoms with Crippen molar-refractivity contribution in [2.24, 2.45) is 0 Å². The molecule has 0 bridgehead atoms. The second-order valence-electron chi connectivity index (χ2n) is 7.26. The summed E-state index contributed by atoms with van der Waals surface area (Å²) in [4.78, 5) is 33.0. The minimum absolute atomic E-state index is 0.107. The SMILES string of the molecule is Cc1cc2ncn(CCC(=O)N3CCN(C(=O)c4ccco4)CC3)c2cc1C. The van der Waals surface area contributed by atoms with Crippen molar-refractivity contribution in [2.75, 3.05) is 26.2 Å². The minimum atomic E-state index is -0.118. The lowest BCUT2D eigenvalue weighted by molar-refractivity contribution is -0.132. The molecule has 3 aromatic rings. The van der Waals surface area contributed by atoms with Crippen LogP contribution in [0.2, 0.25) is 0 Å². The van der Waals surface area contributed by atoms with Gasteiger partial charge in [0.1, 0.15) is 0 Å². The third-order valence-corrected chi connectivity index (χ3v) is 5.45. The van der Waals surface area contributed by atoms with Crippen LogP contribution in [0.25, 0.3) is 11.0 Å². The number of carbonyl (C=O) groups excluding carboxylic acids is 2. The van der Waals surface area contributed by atoms with Gasteiger partial charge in [-0.15, -0.1) is 0 Å². The summed E-state index contributed by atoms with van der Waals surface area (Å²) >= 11 is 0. The van der Waals surface area contributed by atoms with Crippen molar-refractivity contribution in [3.05, 3.63) is 53.7 Å². The van der Waals surface area contributed by atoms with Gasteiger partial charge in [-0.2, -0.15) is 0 Å². The van der Waals surface area contributed by atoms with E-state index in [0.717, 1.165) is 11.0 Å². The lowest BCUT2D eigenvalue weighted by Crippen LogP contribution is -2.50. The highest BCUT2D eigenvalue weighted by Gasteiger charge is 2.25. The van der Waals surface area contributed by atoms with Crippen LogP contribution in [-0.2, 0) is 11.3 Å². The Kier molecular flexibility index (Phi) is 4.90. The summed E-state index contributed by atoms with van der Waals surface area (Å²) in [7, 11) is 0. The molecule has 1 aromatic carbocycles. The first-order valence-corrected chi connectivity index (χ1v) is 9.55. The molecule has 0 aliphatic carbocycles. The highest BCUT2D eigenvalue weighted by Crippen LogP contribution is 2.19. The van der Waals surface area contributed by atoms with Crippen molar-refractivity contribution >= 4 is 22.8 Å². The Hall–Kier alpha value is -3.09. The second kappa shape index (κ2) is 7.50. The fraction of sp³-hybridized carbons (Fsp3) is 0.381. The topological polar surface area (TPSA) is 71.6 Å². The monoisotopic (exact) mass is 380 g/mol. The molecule has 4 rings (SSSR count). The van der Waals surface area contributed by atoms with Crippen LogP contribution in [-0.4, -0.2) is 57.3 Å². The number of hydrogen-bond acceptors (Lipinski definition) is 4.